The van der Waals surface area contributed by atoms with Gasteiger partial charge >= 0.3 is 5.97 Å². The van der Waals surface area contributed by atoms with Gasteiger partial charge in [-0.05, 0) is 49.0 Å². The van der Waals surface area contributed by atoms with Crippen LogP contribution in [0.25, 0.3) is 0 Å². The van der Waals surface area contributed by atoms with Gasteiger partial charge in [0.05, 0.1) is 25.3 Å². The van der Waals surface area contributed by atoms with Gasteiger partial charge in [-0.1, -0.05) is 31.2 Å². The first-order chi connectivity index (χ1) is 13.6. The molecule has 1 aromatic rings. The summed E-state index contributed by atoms with van der Waals surface area (Å²) < 4.78 is 12.0. The van der Waals surface area contributed by atoms with Crippen LogP contribution in [0.1, 0.15) is 50.2 Å². The van der Waals surface area contributed by atoms with Gasteiger partial charge in [-0.15, -0.1) is 0 Å². The molecular formula is C24H32NO3+. The number of hydrogen-bond donors (Lipinski definition) is 1. The summed E-state index contributed by atoms with van der Waals surface area (Å²) in [5.41, 5.74) is 3.38. The van der Waals surface area contributed by atoms with Crippen molar-refractivity contribution in [1.82, 2.24) is 0 Å². The van der Waals surface area contributed by atoms with Crippen LogP contribution in [0.3, 0.4) is 0 Å². The van der Waals surface area contributed by atoms with Crippen molar-refractivity contribution in [3.05, 3.63) is 35.4 Å². The lowest BCUT2D eigenvalue weighted by Gasteiger charge is -2.51. The first kappa shape index (κ1) is 17.5. The van der Waals surface area contributed by atoms with Crippen molar-refractivity contribution in [2.45, 2.75) is 63.7 Å². The van der Waals surface area contributed by atoms with Crippen molar-refractivity contribution in [3.8, 4) is 0 Å². The Kier molecular flexibility index (Phi) is 3.78. The molecule has 2 aliphatic carbocycles. The number of benzene rings is 1. The predicted octanol–water partition coefficient (Wildman–Crippen LogP) is 2.15. The van der Waals surface area contributed by atoms with E-state index in [1.165, 1.54) is 30.4 Å². The minimum atomic E-state index is 0.0764. The average Bonchev–Trinajstić information content (AvgIpc) is 3.39. The van der Waals surface area contributed by atoms with Gasteiger partial charge < -0.3 is 14.4 Å². The molecule has 28 heavy (non-hydrogen) atoms. The zero-order valence-corrected chi connectivity index (χ0v) is 16.9. The van der Waals surface area contributed by atoms with Crippen LogP contribution in [0.15, 0.2) is 24.3 Å². The molecule has 4 nitrogen and oxygen atoms in total. The number of quaternary nitrogens is 1. The maximum atomic E-state index is 12.9. The lowest BCUT2D eigenvalue weighted by atomic mass is 9.53. The molecule has 3 heterocycles. The Bertz CT molecular complexity index is 803. The molecule has 1 N–H and O–H groups in total. The third-order valence-corrected chi connectivity index (χ3v) is 8.89. The Labute approximate surface area is 167 Å². The summed E-state index contributed by atoms with van der Waals surface area (Å²) in [6, 6.07) is 8.79. The summed E-state index contributed by atoms with van der Waals surface area (Å²) in [7, 11) is 0. The number of hydrogen-bond acceptors (Lipinski definition) is 3. The summed E-state index contributed by atoms with van der Waals surface area (Å²) in [5.74, 6) is 1.17. The second kappa shape index (κ2) is 6.06. The minimum Gasteiger partial charge on any atom is -0.462 e. The smallest absolute Gasteiger partial charge is 0.315 e. The number of esters is 1. The molecule has 1 spiro atoms. The average molecular weight is 383 g/mol. The second-order valence-electron chi connectivity index (χ2n) is 10.5. The Morgan fingerprint density at radius 3 is 2.86 bits per heavy atom. The fraction of sp³-hybridized carbons (Fsp3) is 0.708. The summed E-state index contributed by atoms with van der Waals surface area (Å²) in [5, 5.41) is 0. The number of carbonyl (C=O) groups is 1. The van der Waals surface area contributed by atoms with E-state index >= 15 is 0 Å². The van der Waals surface area contributed by atoms with Crippen LogP contribution in [0, 0.1) is 23.2 Å². The van der Waals surface area contributed by atoms with Crippen molar-refractivity contribution >= 4 is 5.97 Å². The van der Waals surface area contributed by atoms with E-state index in [-0.39, 0.29) is 23.6 Å². The van der Waals surface area contributed by atoms with Crippen molar-refractivity contribution in [3.63, 3.8) is 0 Å². The molecule has 3 aliphatic heterocycles. The van der Waals surface area contributed by atoms with E-state index in [9.17, 15) is 4.79 Å². The first-order valence-corrected chi connectivity index (χ1v) is 11.3. The molecule has 5 aliphatic rings. The molecule has 0 radical (unpaired) electrons. The molecule has 150 valence electrons. The molecule has 7 atom stereocenters. The van der Waals surface area contributed by atoms with Gasteiger partial charge in [-0.2, -0.15) is 0 Å². The van der Waals surface area contributed by atoms with Gasteiger partial charge in [0.25, 0.3) is 0 Å². The van der Waals surface area contributed by atoms with Crippen LogP contribution in [0.2, 0.25) is 0 Å². The molecule has 1 unspecified atom stereocenters. The van der Waals surface area contributed by atoms with Gasteiger partial charge in [0.1, 0.15) is 18.6 Å². The highest BCUT2D eigenvalue weighted by atomic mass is 16.6. The van der Waals surface area contributed by atoms with E-state index in [2.05, 4.69) is 31.2 Å². The fourth-order valence-corrected chi connectivity index (χ4v) is 7.32. The normalized spacial score (nSPS) is 46.5. The van der Waals surface area contributed by atoms with Crippen LogP contribution < -0.4 is 4.90 Å². The van der Waals surface area contributed by atoms with Gasteiger partial charge in [-0.3, -0.25) is 4.79 Å². The molecular weight excluding hydrogens is 350 g/mol. The largest absolute Gasteiger partial charge is 0.462 e. The Morgan fingerprint density at radius 2 is 2.04 bits per heavy atom. The highest BCUT2D eigenvalue weighted by Crippen LogP contribution is 2.62. The molecule has 0 aromatic heterocycles. The van der Waals surface area contributed by atoms with Gasteiger partial charge in [0.15, 0.2) is 0 Å². The Hall–Kier alpha value is -1.39. The van der Waals surface area contributed by atoms with E-state index in [0.29, 0.717) is 17.3 Å². The van der Waals surface area contributed by atoms with Crippen molar-refractivity contribution in [2.75, 3.05) is 19.7 Å². The van der Waals surface area contributed by atoms with Crippen molar-refractivity contribution < 1.29 is 19.2 Å². The summed E-state index contributed by atoms with van der Waals surface area (Å²) in [4.78, 5) is 14.4. The third kappa shape index (κ3) is 2.60. The standard InChI is InChI=1S/C24H31NO3/c1-23-8-4-9-24(15-27-24)21(23)11-18-19(22(26)28-20(18)12-23)14-25-10-7-16-5-2-3-6-17(16)13-25/h2-3,5-6,18-21H,4,7-15H2,1H3/p+1/t18-,19+,20-,21+,23-,24+/m1/s1. The van der Waals surface area contributed by atoms with Crippen LogP contribution in [0.4, 0.5) is 0 Å². The van der Waals surface area contributed by atoms with Crippen LogP contribution in [-0.2, 0) is 27.2 Å². The highest BCUT2D eigenvalue weighted by Gasteiger charge is 2.65. The molecule has 4 fully saturated rings. The maximum absolute atomic E-state index is 12.9. The Balaban J connectivity index is 1.21. The number of nitrogens with one attached hydrogen (secondary N) is 1. The monoisotopic (exact) mass is 382 g/mol. The second-order valence-corrected chi connectivity index (χ2v) is 10.5. The van der Waals surface area contributed by atoms with Crippen LogP contribution in [-0.4, -0.2) is 37.4 Å². The summed E-state index contributed by atoms with van der Waals surface area (Å²) in [6.07, 6.45) is 7.19. The fourth-order valence-electron chi connectivity index (χ4n) is 7.32. The summed E-state index contributed by atoms with van der Waals surface area (Å²) in [6.45, 7) is 6.49. The summed E-state index contributed by atoms with van der Waals surface area (Å²) >= 11 is 0. The van der Waals surface area contributed by atoms with Gasteiger partial charge in [0, 0.05) is 17.9 Å². The van der Waals surface area contributed by atoms with Gasteiger partial charge in [0.2, 0.25) is 0 Å². The lowest BCUT2D eigenvalue weighted by molar-refractivity contribution is -0.918. The van der Waals surface area contributed by atoms with E-state index in [0.717, 1.165) is 45.5 Å². The van der Waals surface area contributed by atoms with E-state index in [1.54, 1.807) is 4.90 Å². The molecule has 6 rings (SSSR count). The predicted molar refractivity (Wildman–Crippen MR) is 105 cm³/mol. The quantitative estimate of drug-likeness (QED) is 0.630. The minimum absolute atomic E-state index is 0.0764. The van der Waals surface area contributed by atoms with Gasteiger partial charge in [-0.25, -0.2) is 0 Å². The molecule has 4 heteroatoms. The molecule has 1 aromatic carbocycles. The molecule has 2 saturated carbocycles. The van der Waals surface area contributed by atoms with E-state index in [4.69, 9.17) is 9.47 Å². The Morgan fingerprint density at radius 1 is 1.21 bits per heavy atom. The zero-order valence-electron chi connectivity index (χ0n) is 16.9. The topological polar surface area (TPSA) is 43.3 Å². The SMILES string of the molecule is C[C@]12CCC[C@]3(CO3)[C@H]1C[C@@H]1[C@H](C[NH+]3CCc4ccccc4C3)C(=O)O[C@@H]1C2. The van der Waals surface area contributed by atoms with Crippen LogP contribution in [0.5, 0.6) is 0 Å². The first-order valence-electron chi connectivity index (χ1n) is 11.3. The zero-order chi connectivity index (χ0) is 18.9. The number of rotatable bonds is 2. The van der Waals surface area contributed by atoms with Crippen molar-refractivity contribution in [2.24, 2.45) is 23.2 Å². The highest BCUT2D eigenvalue weighted by molar-refractivity contribution is 5.75. The number of carbonyl (C=O) groups excluding carboxylic acids is 1. The lowest BCUT2D eigenvalue weighted by Crippen LogP contribution is -3.12. The van der Waals surface area contributed by atoms with E-state index in [1.807, 2.05) is 0 Å². The van der Waals surface area contributed by atoms with Crippen molar-refractivity contribution in [1.29, 1.82) is 0 Å². The number of ether oxygens (including phenoxy) is 2. The number of epoxide rings is 1. The molecule has 0 bridgehead atoms. The molecule has 2 saturated heterocycles. The molecule has 0 amide bonds. The number of fused-ring (bicyclic) bond motifs is 4. The third-order valence-electron chi connectivity index (χ3n) is 8.89. The maximum Gasteiger partial charge on any atom is 0.315 e. The van der Waals surface area contributed by atoms with E-state index < -0.39 is 0 Å². The van der Waals surface area contributed by atoms with Crippen LogP contribution >= 0.6 is 0 Å².